The van der Waals surface area contributed by atoms with Gasteiger partial charge in [0.15, 0.2) is 0 Å². The topological polar surface area (TPSA) is 89.5 Å². The summed E-state index contributed by atoms with van der Waals surface area (Å²) in [6.07, 6.45) is 3.32. The fraction of sp³-hybridized carbons (Fsp3) is 0.533. The van der Waals surface area contributed by atoms with Gasteiger partial charge in [0, 0.05) is 36.8 Å². The molecule has 22 heavy (non-hydrogen) atoms. The van der Waals surface area contributed by atoms with Crippen LogP contribution in [0.3, 0.4) is 0 Å². The van der Waals surface area contributed by atoms with Gasteiger partial charge in [0.2, 0.25) is 0 Å². The lowest BCUT2D eigenvalue weighted by Gasteiger charge is -2.29. The van der Waals surface area contributed by atoms with Gasteiger partial charge in [0.25, 0.3) is 11.6 Å². The number of nitrogens with two attached hydrogens (primary N) is 1. The van der Waals surface area contributed by atoms with Gasteiger partial charge in [-0.3, -0.25) is 14.9 Å². The molecule has 0 spiro atoms. The minimum atomic E-state index is -0.461. The van der Waals surface area contributed by atoms with Crippen molar-refractivity contribution in [1.82, 2.24) is 4.90 Å². The molecule has 1 aliphatic carbocycles. The highest BCUT2D eigenvalue weighted by molar-refractivity contribution is 5.94. The van der Waals surface area contributed by atoms with Crippen molar-refractivity contribution in [1.29, 1.82) is 0 Å². The Balaban J connectivity index is 0.00000176. The van der Waals surface area contributed by atoms with Crippen molar-refractivity contribution in [3.05, 3.63) is 39.9 Å². The summed E-state index contributed by atoms with van der Waals surface area (Å²) in [4.78, 5) is 24.5. The molecule has 6 nitrogen and oxygen atoms in total. The van der Waals surface area contributed by atoms with Gasteiger partial charge in [-0.1, -0.05) is 6.42 Å². The summed E-state index contributed by atoms with van der Waals surface area (Å²) in [7, 11) is 0. The zero-order chi connectivity index (χ0) is 15.0. The van der Waals surface area contributed by atoms with Gasteiger partial charge in [-0.15, -0.1) is 12.4 Å². The Kier molecular flexibility index (Phi) is 5.03. The van der Waals surface area contributed by atoms with E-state index in [1.807, 2.05) is 4.90 Å². The predicted molar refractivity (Wildman–Crippen MR) is 85.1 cm³/mol. The summed E-state index contributed by atoms with van der Waals surface area (Å²) in [6.45, 7) is 1.47. The van der Waals surface area contributed by atoms with E-state index in [2.05, 4.69) is 0 Å². The smallest absolute Gasteiger partial charge is 0.269 e. The number of nitro groups is 1. The number of likely N-dealkylation sites (tertiary alicyclic amines) is 1. The van der Waals surface area contributed by atoms with E-state index in [4.69, 9.17) is 5.73 Å². The first-order chi connectivity index (χ1) is 10.1. The molecular formula is C15H20ClN3O3. The molecule has 1 aromatic rings. The monoisotopic (exact) mass is 325 g/mol. The molecule has 3 rings (SSSR count). The highest BCUT2D eigenvalue weighted by atomic mass is 35.5. The molecule has 1 heterocycles. The first-order valence-electron chi connectivity index (χ1n) is 7.35. The lowest BCUT2D eigenvalue weighted by atomic mass is 9.78. The third-order valence-electron chi connectivity index (χ3n) is 4.77. The molecule has 3 atom stereocenters. The molecule has 2 fully saturated rings. The number of carbonyl (C=O) groups excluding carboxylic acids is 1. The molecule has 2 N–H and O–H groups in total. The molecular weight excluding hydrogens is 306 g/mol. The van der Waals surface area contributed by atoms with E-state index in [0.717, 1.165) is 25.8 Å². The Morgan fingerprint density at radius 3 is 2.50 bits per heavy atom. The SMILES string of the molecule is Cl.NC1CCCC2CN(C(=O)c3ccc([N+](=O)[O-])cc3)CC12. The quantitative estimate of drug-likeness (QED) is 0.667. The Hall–Kier alpha value is -1.66. The number of amides is 1. The average Bonchev–Trinajstić information content (AvgIpc) is 2.92. The van der Waals surface area contributed by atoms with Crippen LogP contribution in [0.1, 0.15) is 29.6 Å². The highest BCUT2D eigenvalue weighted by Gasteiger charge is 2.40. The standard InChI is InChI=1S/C15H19N3O3.ClH/c16-14-3-1-2-11-8-17(9-13(11)14)15(19)10-4-6-12(7-5-10)18(20)21;/h4-7,11,13-14H,1-3,8-9,16H2;1H. The third-order valence-corrected chi connectivity index (χ3v) is 4.77. The van der Waals surface area contributed by atoms with Gasteiger partial charge in [0.1, 0.15) is 0 Å². The third kappa shape index (κ3) is 3.08. The molecule has 2 aliphatic rings. The Morgan fingerprint density at radius 2 is 1.91 bits per heavy atom. The average molecular weight is 326 g/mol. The maximum Gasteiger partial charge on any atom is 0.269 e. The van der Waals surface area contributed by atoms with E-state index >= 15 is 0 Å². The van der Waals surface area contributed by atoms with Crippen molar-refractivity contribution in [2.75, 3.05) is 13.1 Å². The number of hydrogen-bond donors (Lipinski definition) is 1. The molecule has 1 aromatic carbocycles. The molecule has 0 radical (unpaired) electrons. The number of nitrogens with zero attached hydrogens (tertiary/aromatic N) is 2. The number of rotatable bonds is 2. The maximum atomic E-state index is 12.5. The van der Waals surface area contributed by atoms with E-state index in [1.165, 1.54) is 24.3 Å². The largest absolute Gasteiger partial charge is 0.338 e. The minimum Gasteiger partial charge on any atom is -0.338 e. The number of nitro benzene ring substituents is 1. The van der Waals surface area contributed by atoms with Crippen LogP contribution in [0.4, 0.5) is 5.69 Å². The van der Waals surface area contributed by atoms with Gasteiger partial charge in [-0.05, 0) is 36.8 Å². The van der Waals surface area contributed by atoms with Crippen LogP contribution in [0.25, 0.3) is 0 Å². The summed E-state index contributed by atoms with van der Waals surface area (Å²) in [5.74, 6) is 0.864. The Labute approximate surface area is 135 Å². The summed E-state index contributed by atoms with van der Waals surface area (Å²) in [6, 6.07) is 6.01. The van der Waals surface area contributed by atoms with Gasteiger partial charge in [0.05, 0.1) is 4.92 Å². The van der Waals surface area contributed by atoms with Crippen molar-refractivity contribution in [3.8, 4) is 0 Å². The summed E-state index contributed by atoms with van der Waals surface area (Å²) in [5.41, 5.74) is 6.67. The fourth-order valence-corrected chi connectivity index (χ4v) is 3.59. The highest BCUT2D eigenvalue weighted by Crippen LogP contribution is 2.36. The summed E-state index contributed by atoms with van der Waals surface area (Å²) < 4.78 is 0. The van der Waals surface area contributed by atoms with Crippen LogP contribution >= 0.6 is 12.4 Å². The van der Waals surface area contributed by atoms with Crippen molar-refractivity contribution in [3.63, 3.8) is 0 Å². The zero-order valence-electron chi connectivity index (χ0n) is 12.2. The molecule has 1 aliphatic heterocycles. The van der Waals surface area contributed by atoms with Crippen molar-refractivity contribution in [2.24, 2.45) is 17.6 Å². The lowest BCUT2D eigenvalue weighted by Crippen LogP contribution is -2.38. The van der Waals surface area contributed by atoms with E-state index in [0.29, 0.717) is 23.9 Å². The van der Waals surface area contributed by atoms with Crippen molar-refractivity contribution in [2.45, 2.75) is 25.3 Å². The number of non-ortho nitro benzene ring substituents is 1. The van der Waals surface area contributed by atoms with Crippen LogP contribution < -0.4 is 5.73 Å². The zero-order valence-corrected chi connectivity index (χ0v) is 13.0. The maximum absolute atomic E-state index is 12.5. The molecule has 1 saturated heterocycles. The van der Waals surface area contributed by atoms with Crippen LogP contribution in [-0.2, 0) is 0 Å². The van der Waals surface area contributed by atoms with Gasteiger partial charge in [-0.25, -0.2) is 0 Å². The van der Waals surface area contributed by atoms with Gasteiger partial charge >= 0.3 is 0 Å². The van der Waals surface area contributed by atoms with E-state index in [1.54, 1.807) is 0 Å². The number of benzene rings is 1. The number of halogens is 1. The molecule has 1 amide bonds. The predicted octanol–water partition coefficient (Wildman–Crippen LogP) is 2.22. The Morgan fingerprint density at radius 1 is 1.23 bits per heavy atom. The van der Waals surface area contributed by atoms with Crippen LogP contribution in [-0.4, -0.2) is 34.9 Å². The van der Waals surface area contributed by atoms with Crippen LogP contribution in [0.2, 0.25) is 0 Å². The van der Waals surface area contributed by atoms with Gasteiger partial charge < -0.3 is 10.6 Å². The number of carbonyl (C=O) groups is 1. The van der Waals surface area contributed by atoms with Crippen LogP contribution in [0, 0.1) is 22.0 Å². The molecule has 7 heteroatoms. The van der Waals surface area contributed by atoms with Gasteiger partial charge in [-0.2, -0.15) is 0 Å². The second-order valence-electron chi connectivity index (χ2n) is 6.03. The first-order valence-corrected chi connectivity index (χ1v) is 7.35. The Bertz CT molecular complexity index is 564. The number of fused-ring (bicyclic) bond motifs is 1. The molecule has 0 aromatic heterocycles. The van der Waals surface area contributed by atoms with E-state index in [9.17, 15) is 14.9 Å². The molecule has 3 unspecified atom stereocenters. The van der Waals surface area contributed by atoms with E-state index in [-0.39, 0.29) is 30.0 Å². The van der Waals surface area contributed by atoms with Crippen molar-refractivity contribution < 1.29 is 9.72 Å². The lowest BCUT2D eigenvalue weighted by molar-refractivity contribution is -0.384. The molecule has 120 valence electrons. The first kappa shape index (κ1) is 16.7. The van der Waals surface area contributed by atoms with Crippen LogP contribution in [0.15, 0.2) is 24.3 Å². The summed E-state index contributed by atoms with van der Waals surface area (Å²) >= 11 is 0. The minimum absolute atomic E-state index is 0. The fourth-order valence-electron chi connectivity index (χ4n) is 3.59. The van der Waals surface area contributed by atoms with E-state index < -0.39 is 4.92 Å². The normalized spacial score (nSPS) is 27.0. The molecule has 0 bridgehead atoms. The second-order valence-corrected chi connectivity index (χ2v) is 6.03. The summed E-state index contributed by atoms with van der Waals surface area (Å²) in [5, 5.41) is 10.6. The second kappa shape index (κ2) is 6.62. The number of hydrogen-bond acceptors (Lipinski definition) is 4. The molecule has 1 saturated carbocycles. The van der Waals surface area contributed by atoms with Crippen LogP contribution in [0.5, 0.6) is 0 Å². The van der Waals surface area contributed by atoms with Crippen molar-refractivity contribution >= 4 is 24.0 Å².